The van der Waals surface area contributed by atoms with E-state index in [2.05, 4.69) is 109 Å². The van der Waals surface area contributed by atoms with Crippen molar-refractivity contribution in [3.63, 3.8) is 0 Å². The fourth-order valence-electron chi connectivity index (χ4n) is 5.16. The van der Waals surface area contributed by atoms with Crippen molar-refractivity contribution in [3.05, 3.63) is 96.8 Å². The normalized spacial score (nSPS) is 12.7. The lowest BCUT2D eigenvalue weighted by molar-refractivity contribution is 0.139. The first-order chi connectivity index (χ1) is 17.0. The van der Waals surface area contributed by atoms with Crippen molar-refractivity contribution in [1.29, 1.82) is 0 Å². The molecule has 4 nitrogen and oxygen atoms in total. The van der Waals surface area contributed by atoms with Crippen LogP contribution in [0.3, 0.4) is 0 Å². The summed E-state index contributed by atoms with van der Waals surface area (Å²) < 4.78 is 0. The molecule has 2 aromatic carbocycles. The van der Waals surface area contributed by atoms with E-state index in [-0.39, 0.29) is 16.0 Å². The maximum Gasteiger partial charge on any atom is 0.0877 e. The topological polar surface area (TPSA) is 51.6 Å². The van der Waals surface area contributed by atoms with Crippen LogP contribution in [0.15, 0.2) is 85.7 Å². The zero-order chi connectivity index (χ0) is 26.0. The summed E-state index contributed by atoms with van der Waals surface area (Å²) in [6.45, 7) is 14.0. The van der Waals surface area contributed by atoms with Gasteiger partial charge in [0.2, 0.25) is 0 Å². The van der Waals surface area contributed by atoms with Gasteiger partial charge in [-0.05, 0) is 33.1 Å². The van der Waals surface area contributed by atoms with E-state index in [1.165, 1.54) is 22.3 Å². The van der Waals surface area contributed by atoms with Crippen LogP contribution in [0.5, 0.6) is 0 Å². The Hall–Kier alpha value is -2.54. The molecule has 36 heavy (non-hydrogen) atoms. The van der Waals surface area contributed by atoms with Crippen LogP contribution < -0.4 is 10.9 Å². The first kappa shape index (κ1) is 26.5. The molecule has 0 saturated carbocycles. The molecule has 2 heterocycles. The van der Waals surface area contributed by atoms with Gasteiger partial charge in [-0.3, -0.25) is 19.9 Å². The van der Waals surface area contributed by atoms with Crippen LogP contribution >= 0.6 is 17.2 Å². The molecule has 0 bridgehead atoms. The third kappa shape index (κ3) is 5.26. The monoisotopic (exact) mass is 514 g/mol. The first-order valence-electron chi connectivity index (χ1n) is 12.3. The molecule has 0 radical (unpaired) electrons. The summed E-state index contributed by atoms with van der Waals surface area (Å²) in [7, 11) is 2.37. The molecule has 1 unspecified atom stereocenters. The summed E-state index contributed by atoms with van der Waals surface area (Å²) in [4.78, 5) is 18.2. The molecule has 6 heteroatoms. The van der Waals surface area contributed by atoms with Gasteiger partial charge in [0.25, 0.3) is 0 Å². The van der Waals surface area contributed by atoms with Crippen LogP contribution in [-0.2, 0) is 11.3 Å². The van der Waals surface area contributed by atoms with Gasteiger partial charge in [-0.25, -0.2) is 0 Å². The lowest BCUT2D eigenvalue weighted by Gasteiger charge is -2.52. The van der Waals surface area contributed by atoms with Gasteiger partial charge in [-0.2, -0.15) is 0 Å². The fraction of sp³-hybridized carbons (Fsp3) is 0.333. The highest BCUT2D eigenvalue weighted by Crippen LogP contribution is 2.59. The summed E-state index contributed by atoms with van der Waals surface area (Å²) in [6, 6.07) is 17.6. The van der Waals surface area contributed by atoms with Crippen LogP contribution in [0.2, 0.25) is 0 Å². The van der Waals surface area contributed by atoms with E-state index in [0.717, 1.165) is 17.0 Å². The van der Waals surface area contributed by atoms with Crippen molar-refractivity contribution in [1.82, 2.24) is 19.9 Å². The van der Waals surface area contributed by atoms with Crippen LogP contribution in [0.25, 0.3) is 11.1 Å². The number of hydrogen-bond acceptors (Lipinski definition) is 4. The van der Waals surface area contributed by atoms with Gasteiger partial charge in [0.15, 0.2) is 0 Å². The van der Waals surface area contributed by atoms with Crippen LogP contribution in [0.1, 0.15) is 52.7 Å². The molecule has 0 N–H and O–H groups in total. The van der Waals surface area contributed by atoms with Crippen molar-refractivity contribution in [2.45, 2.75) is 52.9 Å². The summed E-state index contributed by atoms with van der Waals surface area (Å²) >= 11 is 0. The summed E-state index contributed by atoms with van der Waals surface area (Å²) in [5.74, 6) is 0. The molecule has 1 atom stereocenters. The molecule has 4 rings (SSSR count). The molecule has 0 aliphatic carbocycles. The third-order valence-electron chi connectivity index (χ3n) is 6.98. The standard InChI is InChI=1S/C30H36N4P2/c1-28(2,3)30(35,29(4,5)6)25-13-12-23(22-10-8-7-9-11-22)18-24(25)21-36(26-19-31-14-16-33-26)27-20-32-15-17-34-27/h7-20H,21,35H2,1-6H3. The van der Waals surface area contributed by atoms with Gasteiger partial charge in [0.05, 0.1) is 23.3 Å². The number of hydrogen-bond donors (Lipinski definition) is 0. The zero-order valence-electron chi connectivity index (χ0n) is 22.1. The van der Waals surface area contributed by atoms with E-state index in [0.29, 0.717) is 0 Å². The summed E-state index contributed by atoms with van der Waals surface area (Å²) in [5.41, 5.74) is 7.04. The zero-order valence-corrected chi connectivity index (χ0v) is 24.2. The maximum atomic E-state index is 4.71. The van der Waals surface area contributed by atoms with Gasteiger partial charge in [0.1, 0.15) is 0 Å². The van der Waals surface area contributed by atoms with Crippen molar-refractivity contribution in [2.24, 2.45) is 10.8 Å². The smallest absolute Gasteiger partial charge is 0.0877 e. The van der Waals surface area contributed by atoms with E-state index in [4.69, 9.17) is 9.97 Å². The first-order valence-corrected chi connectivity index (χ1v) is 14.4. The van der Waals surface area contributed by atoms with Gasteiger partial charge < -0.3 is 0 Å². The van der Waals surface area contributed by atoms with Crippen LogP contribution in [0.4, 0.5) is 0 Å². The number of rotatable bonds is 6. The van der Waals surface area contributed by atoms with Gasteiger partial charge in [-0.1, -0.05) is 90.1 Å². The molecule has 0 saturated heterocycles. The van der Waals surface area contributed by atoms with Crippen molar-refractivity contribution in [2.75, 3.05) is 0 Å². The third-order valence-corrected chi connectivity index (χ3v) is 11.3. The minimum atomic E-state index is -0.900. The Morgan fingerprint density at radius 1 is 0.694 bits per heavy atom. The SMILES string of the molecule is CC(C)(C)C(P)(c1ccc(-c2ccccc2)cc1CP(c1cnccn1)c1cnccn1)C(C)(C)C. The number of nitrogens with zero attached hydrogens (tertiary/aromatic N) is 4. The second kappa shape index (κ2) is 10.4. The van der Waals surface area contributed by atoms with E-state index >= 15 is 0 Å². The summed E-state index contributed by atoms with van der Waals surface area (Å²) in [5, 5.41) is -0.170. The van der Waals surface area contributed by atoms with Crippen molar-refractivity contribution >= 4 is 28.0 Å². The van der Waals surface area contributed by atoms with Gasteiger partial charge in [-0.15, -0.1) is 9.24 Å². The molecule has 186 valence electrons. The Kier molecular flexibility index (Phi) is 7.69. The predicted octanol–water partition coefficient (Wildman–Crippen LogP) is 6.73. The average Bonchev–Trinajstić information content (AvgIpc) is 2.87. The number of aromatic nitrogens is 4. The predicted molar refractivity (Wildman–Crippen MR) is 156 cm³/mol. The molecular weight excluding hydrogens is 478 g/mol. The minimum absolute atomic E-state index is 0.000785. The van der Waals surface area contributed by atoms with E-state index < -0.39 is 7.92 Å². The lowest BCUT2D eigenvalue weighted by Crippen LogP contribution is -2.45. The largest absolute Gasteiger partial charge is 0.261 e. The molecule has 0 aliphatic rings. The molecular formula is C30H36N4P2. The van der Waals surface area contributed by atoms with Crippen LogP contribution in [0, 0.1) is 10.8 Å². The molecule has 0 spiro atoms. The highest BCUT2D eigenvalue weighted by atomic mass is 31.1. The van der Waals surface area contributed by atoms with E-state index in [9.17, 15) is 0 Å². The Morgan fingerprint density at radius 2 is 1.25 bits per heavy atom. The average molecular weight is 515 g/mol. The Labute approximate surface area is 219 Å². The minimum Gasteiger partial charge on any atom is -0.261 e. The van der Waals surface area contributed by atoms with Crippen molar-refractivity contribution < 1.29 is 0 Å². The van der Waals surface area contributed by atoms with Crippen molar-refractivity contribution in [3.8, 4) is 11.1 Å². The molecule has 0 fully saturated rings. The van der Waals surface area contributed by atoms with Crippen LogP contribution in [-0.4, -0.2) is 19.9 Å². The maximum absolute atomic E-state index is 4.71. The molecule has 2 aromatic heterocycles. The van der Waals surface area contributed by atoms with E-state index in [1.807, 2.05) is 12.4 Å². The van der Waals surface area contributed by atoms with Gasteiger partial charge in [0, 0.05) is 44.0 Å². The Bertz CT molecular complexity index is 1230. The van der Waals surface area contributed by atoms with Gasteiger partial charge >= 0.3 is 0 Å². The molecule has 0 aliphatic heterocycles. The second-order valence-electron chi connectivity index (χ2n) is 11.3. The fourth-order valence-corrected chi connectivity index (χ4v) is 7.43. The molecule has 0 amide bonds. The molecule has 4 aromatic rings. The second-order valence-corrected chi connectivity index (χ2v) is 14.2. The number of benzene rings is 2. The Balaban J connectivity index is 1.95. The summed E-state index contributed by atoms with van der Waals surface area (Å²) in [6.07, 6.45) is 11.6. The quantitative estimate of drug-likeness (QED) is 0.268. The van der Waals surface area contributed by atoms with E-state index in [1.54, 1.807) is 24.8 Å². The highest BCUT2D eigenvalue weighted by molar-refractivity contribution is 7.71. The Morgan fingerprint density at radius 3 is 1.72 bits per heavy atom. The highest BCUT2D eigenvalue weighted by Gasteiger charge is 2.49. The lowest BCUT2D eigenvalue weighted by atomic mass is 9.61.